The first kappa shape index (κ1) is 8.34. The molecular weight excluding hydrogens is 188 g/mol. The molecule has 1 fully saturated rings. The first-order chi connectivity index (χ1) is 4.64. The van der Waals surface area contributed by atoms with Crippen molar-refractivity contribution in [3.8, 4) is 12.3 Å². The first-order valence-electron chi connectivity index (χ1n) is 2.68. The van der Waals surface area contributed by atoms with Gasteiger partial charge >= 0.3 is 0 Å². The van der Waals surface area contributed by atoms with Crippen LogP contribution in [0.3, 0.4) is 0 Å². The van der Waals surface area contributed by atoms with Crippen molar-refractivity contribution < 1.29 is 8.39 Å². The number of rotatable bonds is 0. The highest BCUT2D eigenvalue weighted by Crippen LogP contribution is 2.25. The molecule has 0 radical (unpaired) electrons. The summed E-state index contributed by atoms with van der Waals surface area (Å²) in [6.07, 6.45) is 5.47. The predicted molar refractivity (Wildman–Crippen MR) is 46.3 cm³/mol. The molecular formula is C5H6O2S3. The second-order valence-corrected chi connectivity index (χ2v) is 7.40. The van der Waals surface area contributed by atoms with Crippen LogP contribution in [0.25, 0.3) is 0 Å². The van der Waals surface area contributed by atoms with Gasteiger partial charge in [-0.2, -0.15) is 0 Å². The Labute approximate surface area is 69.0 Å². The minimum Gasteiger partial charge on any atom is -0.266 e. The van der Waals surface area contributed by atoms with Gasteiger partial charge in [0.05, 0.1) is 0 Å². The summed E-state index contributed by atoms with van der Waals surface area (Å²) < 4.78 is 15.9. The molecule has 0 aromatic carbocycles. The Balaban J connectivity index is 2.67. The van der Waals surface area contributed by atoms with Gasteiger partial charge in [0.2, 0.25) is 0 Å². The van der Waals surface area contributed by atoms with Crippen LogP contribution in [-0.4, -0.2) is 16.1 Å². The van der Waals surface area contributed by atoms with Crippen LogP contribution in [0.2, 0.25) is 0 Å². The molecule has 0 saturated carbocycles. The number of terminal acetylenes is 1. The van der Waals surface area contributed by atoms with E-state index in [0.717, 1.165) is 23.0 Å². The molecule has 5 heteroatoms. The van der Waals surface area contributed by atoms with Crippen molar-refractivity contribution in [1.29, 1.82) is 0 Å². The molecule has 1 aliphatic rings. The number of hydrogen-bond acceptors (Lipinski definition) is 4. The molecule has 0 N–H and O–H groups in total. The van der Waals surface area contributed by atoms with E-state index in [1.54, 1.807) is 0 Å². The fourth-order valence-corrected chi connectivity index (χ4v) is 3.84. The zero-order chi connectivity index (χ0) is 7.61. The van der Waals surface area contributed by atoms with Crippen LogP contribution in [0, 0.1) is 12.3 Å². The molecule has 2 atom stereocenters. The average molecular weight is 194 g/mol. The van der Waals surface area contributed by atoms with E-state index < -0.39 is 7.80 Å². The van der Waals surface area contributed by atoms with Crippen molar-refractivity contribution in [3.05, 3.63) is 0 Å². The second kappa shape index (κ2) is 3.09. The maximum atomic E-state index is 11.0. The van der Waals surface area contributed by atoms with Crippen molar-refractivity contribution in [2.24, 2.45) is 0 Å². The molecule has 56 valence electrons. The van der Waals surface area contributed by atoms with Crippen LogP contribution in [0.15, 0.2) is 0 Å². The summed E-state index contributed by atoms with van der Waals surface area (Å²) in [5.74, 6) is 3.11. The molecule has 0 spiro atoms. The van der Waals surface area contributed by atoms with Gasteiger partial charge in [0.25, 0.3) is 0 Å². The molecule has 10 heavy (non-hydrogen) atoms. The van der Waals surface area contributed by atoms with E-state index in [-0.39, 0.29) is 6.10 Å². The monoisotopic (exact) mass is 194 g/mol. The van der Waals surface area contributed by atoms with Crippen LogP contribution in [-0.2, 0) is 23.2 Å². The third kappa shape index (κ3) is 2.13. The van der Waals surface area contributed by atoms with Crippen molar-refractivity contribution >= 4 is 29.8 Å². The minimum absolute atomic E-state index is 0.341. The third-order valence-electron chi connectivity index (χ3n) is 1.03. The van der Waals surface area contributed by atoms with Crippen molar-refractivity contribution in [2.45, 2.75) is 12.5 Å². The summed E-state index contributed by atoms with van der Waals surface area (Å²) in [5.41, 5.74) is 0. The van der Waals surface area contributed by atoms with E-state index in [1.807, 2.05) is 0 Å². The SMILES string of the molecule is C#CC1CCSS(=O)(=S)O1. The fraction of sp³-hybridized carbons (Fsp3) is 0.600. The molecule has 0 aromatic heterocycles. The zero-order valence-corrected chi connectivity index (χ0v) is 7.56. The Kier molecular flexibility index (Phi) is 2.58. The van der Waals surface area contributed by atoms with Gasteiger partial charge in [0, 0.05) is 16.9 Å². The standard InChI is InChI=1S/C5H6O2S3/c1-2-5-3-4-9-10(6,8)7-5/h1,5H,3-4H2. The highest BCUT2D eigenvalue weighted by atomic mass is 33.4. The maximum absolute atomic E-state index is 11.0. The van der Waals surface area contributed by atoms with E-state index >= 15 is 0 Å². The Hall–Kier alpha value is 0.240. The van der Waals surface area contributed by atoms with E-state index in [1.165, 1.54) is 0 Å². The maximum Gasteiger partial charge on any atom is 0.199 e. The Morgan fingerprint density at radius 2 is 2.60 bits per heavy atom. The van der Waals surface area contributed by atoms with Crippen LogP contribution in [0.4, 0.5) is 0 Å². The highest BCUT2D eigenvalue weighted by molar-refractivity contribution is 8.83. The minimum atomic E-state index is -2.54. The first-order valence-corrected chi connectivity index (χ1v) is 6.59. The topological polar surface area (TPSA) is 26.3 Å². The van der Waals surface area contributed by atoms with Crippen molar-refractivity contribution in [1.82, 2.24) is 0 Å². The fourth-order valence-electron chi connectivity index (χ4n) is 0.586. The van der Waals surface area contributed by atoms with Gasteiger partial charge in [-0.05, 0) is 17.2 Å². The molecule has 0 bridgehead atoms. The molecule has 1 aliphatic heterocycles. The lowest BCUT2D eigenvalue weighted by Gasteiger charge is -2.18. The third-order valence-corrected chi connectivity index (χ3v) is 4.89. The van der Waals surface area contributed by atoms with Crippen LogP contribution >= 0.6 is 10.8 Å². The molecule has 1 saturated heterocycles. The van der Waals surface area contributed by atoms with E-state index in [0.29, 0.717) is 0 Å². The van der Waals surface area contributed by atoms with Gasteiger partial charge in [0.1, 0.15) is 6.10 Å². The van der Waals surface area contributed by atoms with Crippen LogP contribution in [0.1, 0.15) is 6.42 Å². The Morgan fingerprint density at radius 1 is 1.90 bits per heavy atom. The van der Waals surface area contributed by atoms with Gasteiger partial charge < -0.3 is 0 Å². The summed E-state index contributed by atoms with van der Waals surface area (Å²) >= 11 is 4.61. The molecule has 1 heterocycles. The Bertz CT molecular complexity index is 249. The average Bonchev–Trinajstić information content (AvgIpc) is 1.86. The van der Waals surface area contributed by atoms with Gasteiger partial charge in [0.15, 0.2) is 7.80 Å². The molecule has 1 rings (SSSR count). The lowest BCUT2D eigenvalue weighted by molar-refractivity contribution is 0.285. The zero-order valence-electron chi connectivity index (χ0n) is 5.11. The molecule has 2 nitrogen and oxygen atoms in total. The Morgan fingerprint density at radius 3 is 3.00 bits per heavy atom. The van der Waals surface area contributed by atoms with E-state index in [9.17, 15) is 4.21 Å². The highest BCUT2D eigenvalue weighted by Gasteiger charge is 2.20. The van der Waals surface area contributed by atoms with Crippen molar-refractivity contribution in [2.75, 3.05) is 5.75 Å². The molecule has 0 amide bonds. The normalized spacial score (nSPS) is 40.5. The second-order valence-electron chi connectivity index (χ2n) is 1.77. The van der Waals surface area contributed by atoms with Gasteiger partial charge in [-0.3, -0.25) is 4.18 Å². The lowest BCUT2D eigenvalue weighted by atomic mass is 10.3. The van der Waals surface area contributed by atoms with Gasteiger partial charge in [-0.25, -0.2) is 4.21 Å². The molecule has 0 aliphatic carbocycles. The van der Waals surface area contributed by atoms with Crippen LogP contribution < -0.4 is 0 Å². The van der Waals surface area contributed by atoms with E-state index in [4.69, 9.17) is 10.6 Å². The predicted octanol–water partition coefficient (Wildman–Crippen LogP) is 0.718. The summed E-state index contributed by atoms with van der Waals surface area (Å²) in [6.45, 7) is 0. The van der Waals surface area contributed by atoms with Gasteiger partial charge in [-0.15, -0.1) is 6.42 Å². The van der Waals surface area contributed by atoms with Gasteiger partial charge in [-0.1, -0.05) is 5.92 Å². The smallest absolute Gasteiger partial charge is 0.199 e. The summed E-state index contributed by atoms with van der Waals surface area (Å²) in [7, 11) is -1.37. The quantitative estimate of drug-likeness (QED) is 0.419. The molecule has 0 aromatic rings. The van der Waals surface area contributed by atoms with Crippen LogP contribution in [0.5, 0.6) is 0 Å². The largest absolute Gasteiger partial charge is 0.266 e. The summed E-state index contributed by atoms with van der Waals surface area (Å²) in [6, 6.07) is 0. The summed E-state index contributed by atoms with van der Waals surface area (Å²) in [5, 5.41) is 0. The van der Waals surface area contributed by atoms with Crippen molar-refractivity contribution in [3.63, 3.8) is 0 Å². The molecule has 2 unspecified atom stereocenters. The van der Waals surface area contributed by atoms with E-state index in [2.05, 4.69) is 17.1 Å². The summed E-state index contributed by atoms with van der Waals surface area (Å²) in [4.78, 5) is 0. The number of hydrogen-bond donors (Lipinski definition) is 0. The lowest BCUT2D eigenvalue weighted by Crippen LogP contribution is -2.20.